The maximum atomic E-state index is 10.6. The number of aldehydes is 1. The van der Waals surface area contributed by atoms with Gasteiger partial charge in [0.1, 0.15) is 6.29 Å². The quantitative estimate of drug-likeness (QED) is 0.664. The predicted octanol–water partition coefficient (Wildman–Crippen LogP) is 1.92. The van der Waals surface area contributed by atoms with E-state index in [1.165, 1.54) is 0 Å². The third-order valence-electron chi connectivity index (χ3n) is 2.92. The van der Waals surface area contributed by atoms with Crippen molar-refractivity contribution in [2.75, 3.05) is 20.7 Å². The summed E-state index contributed by atoms with van der Waals surface area (Å²) in [4.78, 5) is 12.5. The van der Waals surface area contributed by atoms with E-state index < -0.39 is 0 Å². The Morgan fingerprint density at radius 1 is 1.69 bits per heavy atom. The smallest absolute Gasteiger partial charge is 0.139 e. The number of carbonyl (C=O) groups is 1. The van der Waals surface area contributed by atoms with Crippen LogP contribution >= 0.6 is 0 Å². The van der Waals surface area contributed by atoms with E-state index in [2.05, 4.69) is 12.7 Å². The molecule has 0 aliphatic heterocycles. The van der Waals surface area contributed by atoms with Gasteiger partial charge in [-0.25, -0.2) is 0 Å². The van der Waals surface area contributed by atoms with Gasteiger partial charge in [0, 0.05) is 19.9 Å². The number of nitrogens with zero attached hydrogens (tertiary/aromatic N) is 1. The molecule has 88 valence electrons. The second-order valence-corrected chi connectivity index (χ2v) is 3.90. The van der Waals surface area contributed by atoms with Crippen LogP contribution in [0.4, 0.5) is 0 Å². The molecule has 0 radical (unpaired) electrons. The number of hydrogen-bond acceptors (Lipinski definition) is 3. The molecule has 1 atom stereocenters. The number of rotatable bonds is 5. The summed E-state index contributed by atoms with van der Waals surface area (Å²) in [6.07, 6.45) is 5.80. The number of carbonyl (C=O) groups excluding carboxylic acids is 1. The summed E-state index contributed by atoms with van der Waals surface area (Å²) in [5.74, 6) is 0. The lowest BCUT2D eigenvalue weighted by molar-refractivity contribution is -0.108. The molecule has 0 spiro atoms. The second-order valence-electron chi connectivity index (χ2n) is 3.90. The third kappa shape index (κ3) is 2.42. The minimum atomic E-state index is 0.104. The fraction of sp³-hybridized carbons (Fsp3) is 0.462. The number of methoxy groups -OCH3 is 1. The first-order valence-corrected chi connectivity index (χ1v) is 5.37. The molecule has 1 unspecified atom stereocenters. The van der Waals surface area contributed by atoms with Crippen molar-refractivity contribution in [2.45, 2.75) is 19.4 Å². The van der Waals surface area contributed by atoms with Gasteiger partial charge in [0.25, 0.3) is 0 Å². The van der Waals surface area contributed by atoms with Crippen LogP contribution in [-0.4, -0.2) is 38.0 Å². The molecule has 3 nitrogen and oxygen atoms in total. The van der Waals surface area contributed by atoms with E-state index in [1.807, 2.05) is 24.9 Å². The van der Waals surface area contributed by atoms with Crippen molar-refractivity contribution in [1.29, 1.82) is 0 Å². The minimum absolute atomic E-state index is 0.104. The normalized spacial score (nSPS) is 20.4. The lowest BCUT2D eigenvalue weighted by Gasteiger charge is -2.30. The van der Waals surface area contributed by atoms with Crippen LogP contribution in [0.25, 0.3) is 0 Å². The summed E-state index contributed by atoms with van der Waals surface area (Å²) in [5, 5.41) is 0. The van der Waals surface area contributed by atoms with Crippen LogP contribution in [0.5, 0.6) is 0 Å². The van der Waals surface area contributed by atoms with Crippen molar-refractivity contribution in [2.24, 2.45) is 0 Å². The Morgan fingerprint density at radius 3 is 2.88 bits per heavy atom. The minimum Gasteiger partial charge on any atom is -0.377 e. The van der Waals surface area contributed by atoms with E-state index in [4.69, 9.17) is 4.74 Å². The Labute approximate surface area is 97.1 Å². The molecule has 3 heteroatoms. The molecule has 1 aliphatic rings. The van der Waals surface area contributed by atoms with Crippen LogP contribution in [0.15, 0.2) is 35.6 Å². The van der Waals surface area contributed by atoms with E-state index in [0.717, 1.165) is 29.6 Å². The van der Waals surface area contributed by atoms with Crippen LogP contribution in [0, 0.1) is 0 Å². The van der Waals surface area contributed by atoms with Crippen LogP contribution in [0.1, 0.15) is 13.3 Å². The summed E-state index contributed by atoms with van der Waals surface area (Å²) in [7, 11) is 3.61. The van der Waals surface area contributed by atoms with Crippen molar-refractivity contribution in [3.05, 3.63) is 35.6 Å². The fourth-order valence-electron chi connectivity index (χ4n) is 2.07. The average molecular weight is 221 g/mol. The summed E-state index contributed by atoms with van der Waals surface area (Å²) >= 11 is 0. The summed E-state index contributed by atoms with van der Waals surface area (Å²) in [6.45, 7) is 6.23. The molecule has 0 aromatic rings. The van der Waals surface area contributed by atoms with Gasteiger partial charge in [-0.15, -0.1) is 0 Å². The summed E-state index contributed by atoms with van der Waals surface area (Å²) in [6, 6.07) is 0. The molecule has 0 N–H and O–H groups in total. The fourth-order valence-corrected chi connectivity index (χ4v) is 2.07. The molecule has 1 rings (SSSR count). The first-order chi connectivity index (χ1) is 7.65. The van der Waals surface area contributed by atoms with Gasteiger partial charge in [0.05, 0.1) is 12.6 Å². The Hall–Kier alpha value is -1.35. The van der Waals surface area contributed by atoms with Crippen molar-refractivity contribution < 1.29 is 9.53 Å². The highest BCUT2D eigenvalue weighted by Gasteiger charge is 2.22. The van der Waals surface area contributed by atoms with Crippen molar-refractivity contribution in [3.63, 3.8) is 0 Å². The molecule has 0 amide bonds. The zero-order valence-electron chi connectivity index (χ0n) is 10.2. The highest BCUT2D eigenvalue weighted by atomic mass is 16.5. The maximum Gasteiger partial charge on any atom is 0.139 e. The monoisotopic (exact) mass is 221 g/mol. The average Bonchev–Trinajstić information content (AvgIpc) is 2.28. The van der Waals surface area contributed by atoms with Gasteiger partial charge in [0.15, 0.2) is 0 Å². The topological polar surface area (TPSA) is 29.5 Å². The highest BCUT2D eigenvalue weighted by Crippen LogP contribution is 2.29. The van der Waals surface area contributed by atoms with E-state index in [9.17, 15) is 4.79 Å². The lowest BCUT2D eigenvalue weighted by Crippen LogP contribution is -2.28. The lowest BCUT2D eigenvalue weighted by atomic mass is 9.93. The van der Waals surface area contributed by atoms with Gasteiger partial charge < -0.3 is 14.4 Å². The van der Waals surface area contributed by atoms with Gasteiger partial charge in [0.2, 0.25) is 0 Å². The van der Waals surface area contributed by atoms with Gasteiger partial charge in [-0.2, -0.15) is 0 Å². The highest BCUT2D eigenvalue weighted by molar-refractivity contribution is 5.54. The van der Waals surface area contributed by atoms with Crippen molar-refractivity contribution in [3.8, 4) is 0 Å². The molecule has 0 saturated heterocycles. The maximum absolute atomic E-state index is 10.6. The van der Waals surface area contributed by atoms with Gasteiger partial charge in [-0.3, -0.25) is 0 Å². The number of likely N-dealkylation sites (N-methyl/N-ethyl adjacent to an activating group) is 1. The van der Waals surface area contributed by atoms with Crippen LogP contribution in [0.2, 0.25) is 0 Å². The molecule has 0 aromatic carbocycles. The van der Waals surface area contributed by atoms with Gasteiger partial charge in [-0.05, 0) is 24.5 Å². The third-order valence-corrected chi connectivity index (χ3v) is 2.92. The standard InChI is InChI=1S/C13H19NO2/c1-5-11-6-7-12(16-4)10(2)13(11)14(3)8-9-15/h5-6,9,12H,1,7-8H2,2-4H3. The molecule has 0 aromatic heterocycles. The second kappa shape index (κ2) is 5.66. The number of hydrogen-bond donors (Lipinski definition) is 0. The van der Waals surface area contributed by atoms with Gasteiger partial charge in [-0.1, -0.05) is 18.7 Å². The summed E-state index contributed by atoms with van der Waals surface area (Å²) < 4.78 is 5.40. The molecular formula is C13H19NO2. The molecule has 1 aliphatic carbocycles. The van der Waals surface area contributed by atoms with E-state index in [1.54, 1.807) is 7.11 Å². The van der Waals surface area contributed by atoms with E-state index >= 15 is 0 Å². The van der Waals surface area contributed by atoms with E-state index in [-0.39, 0.29) is 6.10 Å². The Bertz CT molecular complexity index is 342. The molecule has 0 saturated carbocycles. The molecule has 0 fully saturated rings. The molecule has 0 bridgehead atoms. The SMILES string of the molecule is C=CC1=CCC(OC)C(C)=C1N(C)CC=O. The summed E-state index contributed by atoms with van der Waals surface area (Å²) in [5.41, 5.74) is 3.29. The molecule has 0 heterocycles. The Balaban J connectivity index is 3.07. The van der Waals surface area contributed by atoms with E-state index in [0.29, 0.717) is 6.54 Å². The number of ether oxygens (including phenoxy) is 1. The zero-order valence-corrected chi connectivity index (χ0v) is 10.2. The zero-order chi connectivity index (χ0) is 12.1. The van der Waals surface area contributed by atoms with Crippen molar-refractivity contribution >= 4 is 6.29 Å². The first-order valence-electron chi connectivity index (χ1n) is 5.37. The Kier molecular flexibility index (Phi) is 4.50. The van der Waals surface area contributed by atoms with Crippen LogP contribution < -0.4 is 0 Å². The molecular weight excluding hydrogens is 202 g/mol. The Morgan fingerprint density at radius 2 is 2.38 bits per heavy atom. The first kappa shape index (κ1) is 12.7. The predicted molar refractivity (Wildman–Crippen MR) is 65.1 cm³/mol. The van der Waals surface area contributed by atoms with Crippen molar-refractivity contribution in [1.82, 2.24) is 4.90 Å². The van der Waals surface area contributed by atoms with Crippen LogP contribution in [-0.2, 0) is 9.53 Å². The molecule has 16 heavy (non-hydrogen) atoms. The largest absolute Gasteiger partial charge is 0.377 e. The van der Waals surface area contributed by atoms with Crippen LogP contribution in [0.3, 0.4) is 0 Å². The van der Waals surface area contributed by atoms with Gasteiger partial charge >= 0.3 is 0 Å². The number of allylic oxidation sites excluding steroid dienone is 1.